The Morgan fingerprint density at radius 2 is 1.36 bits per heavy atom. The minimum atomic E-state index is -2.38. The van der Waals surface area contributed by atoms with Crippen LogP contribution in [0.1, 0.15) is 84.5 Å². The first-order chi connectivity index (χ1) is 13.4. The lowest BCUT2D eigenvalue weighted by Crippen LogP contribution is -2.40. The first kappa shape index (κ1) is 24.7. The molecule has 5 nitrogen and oxygen atoms in total. The lowest BCUT2D eigenvalue weighted by atomic mass is 9.91. The summed E-state index contributed by atoms with van der Waals surface area (Å²) in [5.41, 5.74) is 0. The predicted octanol–water partition coefficient (Wildman–Crippen LogP) is 4.50. The maximum Gasteiger partial charge on any atom is 0.373 e. The van der Waals surface area contributed by atoms with Crippen molar-refractivity contribution < 1.29 is 27.9 Å². The Labute approximate surface area is 167 Å². The minimum absolute atomic E-state index is 0.212. The molecule has 0 aromatic heterocycles. The maximum atomic E-state index is 12.0. The van der Waals surface area contributed by atoms with Crippen molar-refractivity contribution in [3.05, 3.63) is 0 Å². The van der Waals surface area contributed by atoms with E-state index in [0.717, 1.165) is 12.1 Å². The van der Waals surface area contributed by atoms with E-state index < -0.39 is 24.2 Å². The van der Waals surface area contributed by atoms with E-state index in [-0.39, 0.29) is 18.7 Å². The summed E-state index contributed by atoms with van der Waals surface area (Å²) in [4.78, 5) is 27.2. The van der Waals surface area contributed by atoms with Gasteiger partial charge in [-0.1, -0.05) is 38.5 Å². The number of carbonyl (C=O) groups is 1. The molecule has 2 unspecified atom stereocenters. The monoisotopic (exact) mass is 403 g/mol. The molecule has 7 heteroatoms. The van der Waals surface area contributed by atoms with Gasteiger partial charge in [0.25, 0.3) is 0 Å². The Balaban J connectivity index is 0.000000247. The predicted molar refractivity (Wildman–Crippen MR) is 101 cm³/mol. The number of rotatable bonds is 5. The third-order valence-electron chi connectivity index (χ3n) is 5.50. The number of alkyl halides is 2. The van der Waals surface area contributed by atoms with Crippen molar-refractivity contribution in [2.75, 3.05) is 0 Å². The first-order valence-electron chi connectivity index (χ1n) is 10.6. The minimum Gasteiger partial charge on any atom is -0.463 e. The van der Waals surface area contributed by atoms with Crippen LogP contribution in [0.5, 0.6) is 0 Å². The molecule has 3 saturated carbocycles. The Morgan fingerprint density at radius 3 is 1.68 bits per heavy atom. The molecule has 0 saturated heterocycles. The van der Waals surface area contributed by atoms with E-state index >= 15 is 0 Å². The largest absolute Gasteiger partial charge is 0.463 e. The van der Waals surface area contributed by atoms with E-state index in [1.54, 1.807) is 13.8 Å². The van der Waals surface area contributed by atoms with Crippen LogP contribution in [0.3, 0.4) is 0 Å². The summed E-state index contributed by atoms with van der Waals surface area (Å²) in [6.07, 6.45) is 12.5. The van der Waals surface area contributed by atoms with Crippen LogP contribution < -0.4 is 5.32 Å². The average Bonchev–Trinajstić information content (AvgIpc) is 3.45. The van der Waals surface area contributed by atoms with E-state index in [2.05, 4.69) is 5.32 Å². The summed E-state index contributed by atoms with van der Waals surface area (Å²) in [5.74, 6) is -1.78. The van der Waals surface area contributed by atoms with Crippen molar-refractivity contribution >= 4 is 12.1 Å². The number of esters is 1. The van der Waals surface area contributed by atoms with Crippen molar-refractivity contribution in [2.24, 2.45) is 11.8 Å². The molecule has 0 aromatic rings. The molecule has 2 atom stereocenters. The standard InChI is InChI=1S/C12H23N.C8H12F2O2.CO2/c1-3-7-11(8-4-1)13-12-9-5-2-6-10-12;1-4(2)12-8(11)6-3-5(6)7(9)10;2-1-3/h11-13H,1-10H2;4-7H,3H2,1-2H3;. The smallest absolute Gasteiger partial charge is 0.373 e. The van der Waals surface area contributed by atoms with Gasteiger partial charge in [-0.05, 0) is 46.0 Å². The van der Waals surface area contributed by atoms with Crippen LogP contribution in [0, 0.1) is 11.8 Å². The van der Waals surface area contributed by atoms with Crippen LogP contribution in [0.15, 0.2) is 0 Å². The molecule has 162 valence electrons. The summed E-state index contributed by atoms with van der Waals surface area (Å²) in [6.45, 7) is 3.41. The number of halogens is 2. The zero-order chi connectivity index (χ0) is 20.9. The van der Waals surface area contributed by atoms with Crippen molar-refractivity contribution in [1.82, 2.24) is 5.32 Å². The average molecular weight is 404 g/mol. The zero-order valence-corrected chi connectivity index (χ0v) is 17.1. The molecule has 0 aromatic carbocycles. The molecule has 0 bridgehead atoms. The molecule has 0 heterocycles. The fourth-order valence-corrected chi connectivity index (χ4v) is 3.96. The topological polar surface area (TPSA) is 72.5 Å². The van der Waals surface area contributed by atoms with Gasteiger partial charge in [0, 0.05) is 18.0 Å². The Hall–Kier alpha value is -1.33. The molecule has 0 radical (unpaired) electrons. The summed E-state index contributed by atoms with van der Waals surface area (Å²) in [7, 11) is 0. The SMILES string of the molecule is C1CCC(NC2CCCCC2)CC1.CC(C)OC(=O)C1CC1C(F)F.O=C=O. The van der Waals surface area contributed by atoms with Gasteiger partial charge in [-0.2, -0.15) is 9.59 Å². The molecular formula is C21H35F2NO4. The van der Waals surface area contributed by atoms with Gasteiger partial charge in [0.05, 0.1) is 12.0 Å². The lowest BCUT2D eigenvalue weighted by Gasteiger charge is -2.30. The normalized spacial score (nSPS) is 25.1. The third-order valence-corrected chi connectivity index (χ3v) is 5.50. The first-order valence-corrected chi connectivity index (χ1v) is 10.6. The molecular weight excluding hydrogens is 368 g/mol. The molecule has 3 fully saturated rings. The fourth-order valence-electron chi connectivity index (χ4n) is 3.96. The second kappa shape index (κ2) is 13.8. The number of hydrogen-bond acceptors (Lipinski definition) is 5. The number of ether oxygens (including phenoxy) is 1. The van der Waals surface area contributed by atoms with E-state index in [1.807, 2.05) is 0 Å². The molecule has 3 aliphatic rings. The van der Waals surface area contributed by atoms with Crippen LogP contribution in [-0.4, -0.2) is 36.7 Å². The van der Waals surface area contributed by atoms with Crippen LogP contribution in [0.25, 0.3) is 0 Å². The quantitative estimate of drug-likeness (QED) is 0.685. The molecule has 3 rings (SSSR count). The van der Waals surface area contributed by atoms with Crippen LogP contribution in [0.2, 0.25) is 0 Å². The van der Waals surface area contributed by atoms with E-state index in [9.17, 15) is 13.6 Å². The van der Waals surface area contributed by atoms with Gasteiger partial charge in [0.15, 0.2) is 0 Å². The van der Waals surface area contributed by atoms with Gasteiger partial charge in [-0.15, -0.1) is 0 Å². The highest BCUT2D eigenvalue weighted by molar-refractivity contribution is 5.75. The lowest BCUT2D eigenvalue weighted by molar-refractivity contribution is -0.191. The molecule has 0 amide bonds. The van der Waals surface area contributed by atoms with Crippen LogP contribution >= 0.6 is 0 Å². The van der Waals surface area contributed by atoms with Gasteiger partial charge in [-0.3, -0.25) is 4.79 Å². The summed E-state index contributed by atoms with van der Waals surface area (Å²) >= 11 is 0. The summed E-state index contributed by atoms with van der Waals surface area (Å²) in [5, 5.41) is 3.86. The second-order valence-corrected chi connectivity index (χ2v) is 8.25. The number of hydrogen-bond donors (Lipinski definition) is 1. The molecule has 28 heavy (non-hydrogen) atoms. The van der Waals surface area contributed by atoms with Gasteiger partial charge in [-0.25, -0.2) is 8.78 Å². The maximum absolute atomic E-state index is 12.0. The van der Waals surface area contributed by atoms with Gasteiger partial charge < -0.3 is 10.1 Å². The third kappa shape index (κ3) is 10.3. The van der Waals surface area contributed by atoms with Crippen molar-refractivity contribution in [1.29, 1.82) is 0 Å². The summed E-state index contributed by atoms with van der Waals surface area (Å²) < 4.78 is 28.7. The van der Waals surface area contributed by atoms with Gasteiger partial charge >= 0.3 is 12.1 Å². The van der Waals surface area contributed by atoms with Crippen molar-refractivity contribution in [2.45, 2.75) is 109 Å². The van der Waals surface area contributed by atoms with Gasteiger partial charge in [0.1, 0.15) is 0 Å². The van der Waals surface area contributed by atoms with Crippen LogP contribution in [0.4, 0.5) is 8.78 Å². The van der Waals surface area contributed by atoms with E-state index in [4.69, 9.17) is 14.3 Å². The molecule has 3 aliphatic carbocycles. The Bertz CT molecular complexity index is 453. The highest BCUT2D eigenvalue weighted by Gasteiger charge is 2.50. The molecule has 0 spiro atoms. The van der Waals surface area contributed by atoms with Crippen molar-refractivity contribution in [3.63, 3.8) is 0 Å². The fraction of sp³-hybridized carbons (Fsp3) is 0.905. The number of nitrogens with one attached hydrogen (secondary N) is 1. The Morgan fingerprint density at radius 1 is 0.929 bits per heavy atom. The Kier molecular flexibility index (Phi) is 12.2. The van der Waals surface area contributed by atoms with E-state index in [0.29, 0.717) is 0 Å². The van der Waals surface area contributed by atoms with Gasteiger partial charge in [0.2, 0.25) is 6.43 Å². The number of carbonyl (C=O) groups excluding carboxylic acids is 3. The highest BCUT2D eigenvalue weighted by Crippen LogP contribution is 2.44. The van der Waals surface area contributed by atoms with Crippen LogP contribution in [-0.2, 0) is 19.1 Å². The highest BCUT2D eigenvalue weighted by atomic mass is 19.3. The second-order valence-electron chi connectivity index (χ2n) is 8.25. The summed E-state index contributed by atoms with van der Waals surface area (Å²) in [6, 6.07) is 1.74. The van der Waals surface area contributed by atoms with E-state index in [1.165, 1.54) is 64.2 Å². The molecule has 1 N–H and O–H groups in total. The van der Waals surface area contributed by atoms with Crippen molar-refractivity contribution in [3.8, 4) is 0 Å². The zero-order valence-electron chi connectivity index (χ0n) is 17.1. The molecule has 0 aliphatic heterocycles.